The van der Waals surface area contributed by atoms with Crippen molar-refractivity contribution in [1.29, 1.82) is 0 Å². The number of aromatic nitrogens is 2. The summed E-state index contributed by atoms with van der Waals surface area (Å²) in [7, 11) is 1.79. The van der Waals surface area contributed by atoms with Gasteiger partial charge in [-0.3, -0.25) is 9.48 Å². The molecule has 1 aromatic carbocycles. The molecule has 2 N–H and O–H groups in total. The maximum atomic E-state index is 12.6. The van der Waals surface area contributed by atoms with Crippen LogP contribution in [-0.4, -0.2) is 40.2 Å². The summed E-state index contributed by atoms with van der Waals surface area (Å²) in [5.41, 5.74) is 8.31. The van der Waals surface area contributed by atoms with Crippen LogP contribution in [0, 0.1) is 6.92 Å². The van der Waals surface area contributed by atoms with Gasteiger partial charge in [0.05, 0.1) is 5.69 Å². The van der Waals surface area contributed by atoms with E-state index in [2.05, 4.69) is 17.2 Å². The zero-order valence-corrected chi connectivity index (χ0v) is 13.8. The summed E-state index contributed by atoms with van der Waals surface area (Å²) in [5, 5.41) is 4.23. The molecule has 0 spiro atoms. The minimum atomic E-state index is -0.0144. The Hall–Kier alpha value is -1.85. The molecule has 1 amide bonds. The third-order valence-corrected chi connectivity index (χ3v) is 3.42. The molecule has 6 heteroatoms. The third-order valence-electron chi connectivity index (χ3n) is 3.42. The quantitative estimate of drug-likeness (QED) is 0.882. The summed E-state index contributed by atoms with van der Waals surface area (Å²) in [4.78, 5) is 14.4. The number of amides is 1. The van der Waals surface area contributed by atoms with Crippen LogP contribution in [0.15, 0.2) is 36.4 Å². The van der Waals surface area contributed by atoms with Crippen LogP contribution in [0.2, 0.25) is 0 Å². The Morgan fingerprint density at radius 1 is 1.27 bits per heavy atom. The van der Waals surface area contributed by atoms with Gasteiger partial charge in [0.1, 0.15) is 5.69 Å². The maximum absolute atomic E-state index is 12.6. The number of carbonyl (C=O) groups excluding carboxylic acids is 1. The molecular formula is C16H23ClN4O. The highest BCUT2D eigenvalue weighted by Crippen LogP contribution is 2.08. The number of nitrogens with two attached hydrogens (primary N) is 1. The molecule has 0 saturated carbocycles. The summed E-state index contributed by atoms with van der Waals surface area (Å²) >= 11 is 0. The van der Waals surface area contributed by atoms with Crippen molar-refractivity contribution in [3.63, 3.8) is 0 Å². The van der Waals surface area contributed by atoms with Crippen LogP contribution in [0.3, 0.4) is 0 Å². The van der Waals surface area contributed by atoms with Crippen molar-refractivity contribution in [2.75, 3.05) is 19.6 Å². The van der Waals surface area contributed by atoms with Crippen LogP contribution in [0.25, 0.3) is 0 Å². The maximum Gasteiger partial charge on any atom is 0.272 e. The van der Waals surface area contributed by atoms with E-state index in [1.807, 2.05) is 31.2 Å². The lowest BCUT2D eigenvalue weighted by molar-refractivity contribution is 0.0751. The van der Waals surface area contributed by atoms with E-state index in [4.69, 9.17) is 5.73 Å². The highest BCUT2D eigenvalue weighted by Gasteiger charge is 2.18. The fraction of sp³-hybridized carbons (Fsp3) is 0.375. The van der Waals surface area contributed by atoms with Crippen molar-refractivity contribution in [1.82, 2.24) is 14.7 Å². The monoisotopic (exact) mass is 322 g/mol. The summed E-state index contributed by atoms with van der Waals surface area (Å²) in [5.74, 6) is -0.0144. The fourth-order valence-electron chi connectivity index (χ4n) is 2.35. The molecule has 0 bridgehead atoms. The van der Waals surface area contributed by atoms with Crippen LogP contribution >= 0.6 is 12.4 Å². The minimum absolute atomic E-state index is 0. The molecule has 0 saturated heterocycles. The van der Waals surface area contributed by atoms with E-state index in [1.165, 1.54) is 5.56 Å². The van der Waals surface area contributed by atoms with Crippen LogP contribution in [0.4, 0.5) is 0 Å². The average molecular weight is 323 g/mol. The molecular weight excluding hydrogens is 300 g/mol. The number of aryl methyl sites for hydroxylation is 2. The highest BCUT2D eigenvalue weighted by atomic mass is 35.5. The molecule has 0 radical (unpaired) electrons. The van der Waals surface area contributed by atoms with E-state index in [1.54, 1.807) is 16.6 Å². The molecule has 0 aliphatic heterocycles. The number of hydrogen-bond acceptors (Lipinski definition) is 3. The highest BCUT2D eigenvalue weighted by molar-refractivity contribution is 5.92. The third kappa shape index (κ3) is 4.58. The van der Waals surface area contributed by atoms with Crippen molar-refractivity contribution in [2.24, 2.45) is 12.8 Å². The average Bonchev–Trinajstić information content (AvgIpc) is 2.82. The van der Waals surface area contributed by atoms with Gasteiger partial charge in [0.15, 0.2) is 0 Å². The van der Waals surface area contributed by atoms with Gasteiger partial charge in [0.2, 0.25) is 0 Å². The van der Waals surface area contributed by atoms with Crippen molar-refractivity contribution >= 4 is 18.3 Å². The van der Waals surface area contributed by atoms with Gasteiger partial charge in [0.25, 0.3) is 5.91 Å². The lowest BCUT2D eigenvalue weighted by Crippen LogP contribution is -2.37. The number of hydrogen-bond donors (Lipinski definition) is 1. The minimum Gasteiger partial charge on any atom is -0.336 e. The second-order valence-electron chi connectivity index (χ2n) is 5.11. The zero-order valence-electron chi connectivity index (χ0n) is 13.0. The molecule has 1 heterocycles. The Kier molecular flexibility index (Phi) is 7.08. The summed E-state index contributed by atoms with van der Waals surface area (Å²) in [6.07, 6.45) is 0.823. The SMILES string of the molecule is Cc1cc(C(=O)N(CCN)CCc2ccccc2)n(C)n1.Cl. The number of benzene rings is 1. The Labute approximate surface area is 137 Å². The lowest BCUT2D eigenvalue weighted by atomic mass is 10.1. The molecule has 0 unspecified atom stereocenters. The number of carbonyl (C=O) groups is 1. The van der Waals surface area contributed by atoms with E-state index in [9.17, 15) is 4.79 Å². The number of halogens is 1. The number of nitrogens with zero attached hydrogens (tertiary/aromatic N) is 3. The first-order valence-electron chi connectivity index (χ1n) is 7.15. The molecule has 1 aromatic heterocycles. The Bertz CT molecular complexity index is 597. The molecule has 0 aliphatic carbocycles. The normalized spacial score (nSPS) is 10.1. The Balaban J connectivity index is 0.00000242. The van der Waals surface area contributed by atoms with Gasteiger partial charge < -0.3 is 10.6 Å². The predicted molar refractivity (Wildman–Crippen MR) is 90.3 cm³/mol. The topological polar surface area (TPSA) is 64.2 Å². The molecule has 2 rings (SSSR count). The van der Waals surface area contributed by atoms with Gasteiger partial charge in [-0.15, -0.1) is 12.4 Å². The van der Waals surface area contributed by atoms with Crippen LogP contribution in [0.5, 0.6) is 0 Å². The molecule has 0 atom stereocenters. The van der Waals surface area contributed by atoms with Crippen molar-refractivity contribution < 1.29 is 4.79 Å². The second-order valence-corrected chi connectivity index (χ2v) is 5.11. The van der Waals surface area contributed by atoms with Crippen molar-refractivity contribution in [3.05, 3.63) is 53.3 Å². The largest absolute Gasteiger partial charge is 0.336 e. The molecule has 0 aliphatic rings. The first-order valence-corrected chi connectivity index (χ1v) is 7.15. The van der Waals surface area contributed by atoms with E-state index >= 15 is 0 Å². The standard InChI is InChI=1S/C16H22N4O.ClH/c1-13-12-15(19(2)18-13)16(21)20(11-9-17)10-8-14-6-4-3-5-7-14;/h3-7,12H,8-11,17H2,1-2H3;1H. The van der Waals surface area contributed by atoms with Crippen LogP contribution in [-0.2, 0) is 13.5 Å². The lowest BCUT2D eigenvalue weighted by Gasteiger charge is -2.22. The van der Waals surface area contributed by atoms with Crippen molar-refractivity contribution in [3.8, 4) is 0 Å². The van der Waals surface area contributed by atoms with E-state index < -0.39 is 0 Å². The van der Waals surface area contributed by atoms with Gasteiger partial charge in [-0.25, -0.2) is 0 Å². The first-order chi connectivity index (χ1) is 10.1. The molecule has 5 nitrogen and oxygen atoms in total. The molecule has 0 fully saturated rings. The molecule has 120 valence electrons. The molecule has 2 aromatic rings. The second kappa shape index (κ2) is 8.56. The Morgan fingerprint density at radius 3 is 2.50 bits per heavy atom. The van der Waals surface area contributed by atoms with Crippen molar-refractivity contribution in [2.45, 2.75) is 13.3 Å². The van der Waals surface area contributed by atoms with Crippen LogP contribution in [0.1, 0.15) is 21.7 Å². The zero-order chi connectivity index (χ0) is 15.2. The van der Waals surface area contributed by atoms with Gasteiger partial charge in [0, 0.05) is 26.7 Å². The number of rotatable bonds is 6. The van der Waals surface area contributed by atoms with Gasteiger partial charge >= 0.3 is 0 Å². The van der Waals surface area contributed by atoms with E-state index in [-0.39, 0.29) is 18.3 Å². The van der Waals surface area contributed by atoms with Gasteiger partial charge in [-0.1, -0.05) is 30.3 Å². The summed E-state index contributed by atoms with van der Waals surface area (Å²) in [6, 6.07) is 12.0. The first kappa shape index (κ1) is 18.2. The summed E-state index contributed by atoms with van der Waals surface area (Å²) in [6.45, 7) is 3.55. The van der Waals surface area contributed by atoms with Gasteiger partial charge in [-0.05, 0) is 25.0 Å². The predicted octanol–water partition coefficient (Wildman–Crippen LogP) is 1.79. The molecule has 22 heavy (non-hydrogen) atoms. The fourth-order valence-corrected chi connectivity index (χ4v) is 2.35. The summed E-state index contributed by atoms with van der Waals surface area (Å²) < 4.78 is 1.63. The Morgan fingerprint density at radius 2 is 1.95 bits per heavy atom. The van der Waals surface area contributed by atoms with Crippen LogP contribution < -0.4 is 5.73 Å². The van der Waals surface area contributed by atoms with Gasteiger partial charge in [-0.2, -0.15) is 5.10 Å². The smallest absolute Gasteiger partial charge is 0.272 e. The van der Waals surface area contributed by atoms with E-state index in [0.29, 0.717) is 25.3 Å². The van der Waals surface area contributed by atoms with E-state index in [0.717, 1.165) is 12.1 Å².